The van der Waals surface area contributed by atoms with Gasteiger partial charge >= 0.3 is 0 Å². The van der Waals surface area contributed by atoms with E-state index in [2.05, 4.69) is 33.9 Å². The summed E-state index contributed by atoms with van der Waals surface area (Å²) in [4.78, 5) is 13.8. The minimum absolute atomic E-state index is 0.0412. The molecule has 1 N–H and O–H groups in total. The summed E-state index contributed by atoms with van der Waals surface area (Å²) in [6.45, 7) is 16.5. The molecule has 0 radical (unpaired) electrons. The number of rotatable bonds is 8. The van der Waals surface area contributed by atoms with Crippen LogP contribution >= 0.6 is 11.8 Å². The number of Topliss-reactive ketones (excluding diaryl/α,β-unsaturated/α-hetero) is 1. The summed E-state index contributed by atoms with van der Waals surface area (Å²) in [5.74, 6) is 0.0412. The zero-order valence-corrected chi connectivity index (χ0v) is 18.7. The van der Waals surface area contributed by atoms with Crippen molar-refractivity contribution in [1.29, 1.82) is 0 Å². The predicted molar refractivity (Wildman–Crippen MR) is 110 cm³/mol. The normalized spacial score (nSPS) is 15.7. The van der Waals surface area contributed by atoms with E-state index in [4.69, 9.17) is 4.43 Å². The zero-order valence-electron chi connectivity index (χ0n) is 16.9. The van der Waals surface area contributed by atoms with E-state index in [9.17, 15) is 9.90 Å². The zero-order chi connectivity index (χ0) is 19.5. The molecule has 0 aliphatic heterocycles. The fraction of sp³-hybridized carbons (Fsp3) is 0.650. The largest absolute Gasteiger partial charge is 0.412 e. The lowest BCUT2D eigenvalue weighted by Gasteiger charge is -2.39. The van der Waals surface area contributed by atoms with Crippen LogP contribution in [0, 0.1) is 0 Å². The van der Waals surface area contributed by atoms with Crippen LogP contribution in [0.1, 0.15) is 48.0 Å². The first-order valence-electron chi connectivity index (χ1n) is 8.89. The molecule has 1 rings (SSSR count). The smallest absolute Gasteiger partial charge is 0.192 e. The topological polar surface area (TPSA) is 46.5 Å². The van der Waals surface area contributed by atoms with E-state index < -0.39 is 19.2 Å². The van der Waals surface area contributed by atoms with Crippen LogP contribution in [0.25, 0.3) is 0 Å². The van der Waals surface area contributed by atoms with Crippen LogP contribution in [0.2, 0.25) is 18.1 Å². The Labute approximate surface area is 158 Å². The van der Waals surface area contributed by atoms with E-state index in [0.717, 1.165) is 4.90 Å². The molecular weight excluding hydrogens is 348 g/mol. The Morgan fingerprint density at radius 2 is 1.68 bits per heavy atom. The maximum Gasteiger partial charge on any atom is 0.192 e. The molecule has 1 aromatic rings. The Bertz CT molecular complexity index is 564. The minimum atomic E-state index is -1.97. The molecule has 0 fully saturated rings. The number of thioether (sulfide) groups is 1. The van der Waals surface area contributed by atoms with Crippen molar-refractivity contribution in [2.24, 2.45) is 0 Å². The van der Waals surface area contributed by atoms with Crippen molar-refractivity contribution in [3.05, 3.63) is 30.3 Å². The molecule has 0 spiro atoms. The molecule has 142 valence electrons. The van der Waals surface area contributed by atoms with Gasteiger partial charge in [0.15, 0.2) is 14.1 Å². The molecule has 0 unspecified atom stereocenters. The Balaban J connectivity index is 2.68. The maximum atomic E-state index is 12.7. The van der Waals surface area contributed by atoms with Crippen molar-refractivity contribution < 1.29 is 14.3 Å². The number of benzene rings is 1. The standard InChI is InChI=1S/C20H34O3SSi/c1-15(23-25(7,8)19(2,3)4)17(21)14-18(22)20(5,6)24-16-12-10-9-11-13-16/h9-13,15,17,21H,14H2,1-8H3/t15-,17+/m1/s1. The summed E-state index contributed by atoms with van der Waals surface area (Å²) >= 11 is 1.53. The van der Waals surface area contributed by atoms with Crippen LogP contribution in [0.5, 0.6) is 0 Å². The first-order chi connectivity index (χ1) is 11.3. The second-order valence-electron chi connectivity index (χ2n) is 8.70. The monoisotopic (exact) mass is 382 g/mol. The van der Waals surface area contributed by atoms with Crippen molar-refractivity contribution in [1.82, 2.24) is 0 Å². The molecule has 3 nitrogen and oxygen atoms in total. The second-order valence-corrected chi connectivity index (χ2v) is 15.2. The molecule has 0 heterocycles. The lowest BCUT2D eigenvalue weighted by molar-refractivity contribution is -0.123. The molecule has 0 aromatic heterocycles. The van der Waals surface area contributed by atoms with Crippen molar-refractivity contribution >= 4 is 25.9 Å². The maximum absolute atomic E-state index is 12.7. The van der Waals surface area contributed by atoms with E-state index in [0.29, 0.717) is 0 Å². The van der Waals surface area contributed by atoms with Crippen LogP contribution in [0.4, 0.5) is 0 Å². The van der Waals surface area contributed by atoms with E-state index in [1.165, 1.54) is 11.8 Å². The van der Waals surface area contributed by atoms with Crippen LogP contribution in [-0.2, 0) is 9.22 Å². The third-order valence-electron chi connectivity index (χ3n) is 5.01. The van der Waals surface area contributed by atoms with Gasteiger partial charge in [0.1, 0.15) is 0 Å². The number of hydrogen-bond acceptors (Lipinski definition) is 4. The summed E-state index contributed by atoms with van der Waals surface area (Å²) < 4.78 is 5.64. The molecule has 5 heteroatoms. The molecular formula is C20H34O3SSi. The molecule has 0 aliphatic carbocycles. The highest BCUT2D eigenvalue weighted by molar-refractivity contribution is 8.01. The molecule has 0 aliphatic rings. The summed E-state index contributed by atoms with van der Waals surface area (Å²) in [6.07, 6.45) is -1.01. The Kier molecular flexibility index (Phi) is 7.51. The van der Waals surface area contributed by atoms with Crippen LogP contribution < -0.4 is 0 Å². The van der Waals surface area contributed by atoms with E-state index >= 15 is 0 Å². The number of aliphatic hydroxyl groups is 1. The van der Waals surface area contributed by atoms with Gasteiger partial charge in [-0.2, -0.15) is 0 Å². The van der Waals surface area contributed by atoms with Crippen LogP contribution in [-0.4, -0.2) is 36.2 Å². The molecule has 25 heavy (non-hydrogen) atoms. The number of aliphatic hydroxyl groups excluding tert-OH is 1. The number of ketones is 1. The summed E-state index contributed by atoms with van der Waals surface area (Å²) in [7, 11) is -1.97. The van der Waals surface area contributed by atoms with Gasteiger partial charge in [-0.05, 0) is 51.0 Å². The lowest BCUT2D eigenvalue weighted by atomic mass is 10.00. The highest BCUT2D eigenvalue weighted by Gasteiger charge is 2.40. The van der Waals surface area contributed by atoms with E-state index in [1.807, 2.05) is 51.1 Å². The van der Waals surface area contributed by atoms with Gasteiger partial charge in [0.2, 0.25) is 0 Å². The average Bonchev–Trinajstić information content (AvgIpc) is 2.45. The summed E-state index contributed by atoms with van der Waals surface area (Å²) in [6, 6.07) is 9.89. The van der Waals surface area contributed by atoms with Gasteiger partial charge in [-0.1, -0.05) is 39.0 Å². The van der Waals surface area contributed by atoms with Gasteiger partial charge in [-0.3, -0.25) is 4.79 Å². The van der Waals surface area contributed by atoms with Gasteiger partial charge in [-0.25, -0.2) is 0 Å². The van der Waals surface area contributed by atoms with Crippen molar-refractivity contribution in [3.8, 4) is 0 Å². The van der Waals surface area contributed by atoms with Crippen molar-refractivity contribution in [2.45, 2.75) is 87.9 Å². The van der Waals surface area contributed by atoms with Crippen LogP contribution in [0.15, 0.2) is 35.2 Å². The minimum Gasteiger partial charge on any atom is -0.412 e. The second kappa shape index (κ2) is 8.38. The van der Waals surface area contributed by atoms with Crippen LogP contribution in [0.3, 0.4) is 0 Å². The van der Waals surface area contributed by atoms with Crippen molar-refractivity contribution in [3.63, 3.8) is 0 Å². The number of carbonyl (C=O) groups is 1. The summed E-state index contributed by atoms with van der Waals surface area (Å²) in [5.41, 5.74) is 0. The molecule has 0 saturated carbocycles. The molecule has 0 amide bonds. The van der Waals surface area contributed by atoms with Crippen molar-refractivity contribution in [2.75, 3.05) is 0 Å². The third kappa shape index (κ3) is 6.55. The number of carbonyl (C=O) groups excluding carboxylic acids is 1. The highest BCUT2D eigenvalue weighted by atomic mass is 32.2. The van der Waals surface area contributed by atoms with Gasteiger partial charge in [0.05, 0.1) is 17.0 Å². The van der Waals surface area contributed by atoms with E-state index in [1.54, 1.807) is 0 Å². The Morgan fingerprint density at radius 1 is 1.16 bits per heavy atom. The van der Waals surface area contributed by atoms with Gasteiger partial charge in [0.25, 0.3) is 0 Å². The molecule has 2 atom stereocenters. The van der Waals surface area contributed by atoms with Gasteiger partial charge in [0, 0.05) is 11.3 Å². The lowest BCUT2D eigenvalue weighted by Crippen LogP contribution is -2.47. The Hall–Kier alpha value is -0.623. The molecule has 0 bridgehead atoms. The Morgan fingerprint density at radius 3 is 2.16 bits per heavy atom. The third-order valence-corrected chi connectivity index (χ3v) is 10.8. The van der Waals surface area contributed by atoms with Gasteiger partial charge in [-0.15, -0.1) is 11.8 Å². The predicted octanol–water partition coefficient (Wildman–Crippen LogP) is 5.29. The fourth-order valence-electron chi connectivity index (χ4n) is 2.16. The first kappa shape index (κ1) is 22.4. The average molecular weight is 383 g/mol. The summed E-state index contributed by atoms with van der Waals surface area (Å²) in [5, 5.41) is 10.6. The van der Waals surface area contributed by atoms with E-state index in [-0.39, 0.29) is 23.3 Å². The first-order valence-corrected chi connectivity index (χ1v) is 12.6. The highest BCUT2D eigenvalue weighted by Crippen LogP contribution is 2.38. The quantitative estimate of drug-likeness (QED) is 0.490. The molecule has 0 saturated heterocycles. The van der Waals surface area contributed by atoms with Gasteiger partial charge < -0.3 is 9.53 Å². The number of hydrogen-bond donors (Lipinski definition) is 1. The SMILES string of the molecule is C[C@@H](O[Si](C)(C)C(C)(C)C)[C@@H](O)CC(=O)C(C)(C)Sc1ccccc1. The molecule has 1 aromatic carbocycles. The fourth-order valence-corrected chi connectivity index (χ4v) is 4.68.